The van der Waals surface area contributed by atoms with Gasteiger partial charge in [-0.3, -0.25) is 9.59 Å². The van der Waals surface area contributed by atoms with E-state index in [0.29, 0.717) is 5.69 Å². The highest BCUT2D eigenvalue weighted by atomic mass is 32.9. The van der Waals surface area contributed by atoms with Crippen molar-refractivity contribution in [1.82, 2.24) is 4.57 Å². The van der Waals surface area contributed by atoms with Crippen LogP contribution in [0.25, 0.3) is 5.69 Å². The lowest BCUT2D eigenvalue weighted by molar-refractivity contribution is 1.01. The van der Waals surface area contributed by atoms with E-state index in [4.69, 9.17) is 0 Å². The first-order valence-electron chi connectivity index (χ1n) is 3.98. The van der Waals surface area contributed by atoms with Crippen LogP contribution in [0.1, 0.15) is 5.56 Å². The summed E-state index contributed by atoms with van der Waals surface area (Å²) in [6.45, 7) is 1.96. The maximum Gasteiger partial charge on any atom is 0.325 e. The van der Waals surface area contributed by atoms with E-state index in [0.717, 1.165) is 26.2 Å². The number of benzene rings is 1. The zero-order valence-electron chi connectivity index (χ0n) is 7.39. The minimum Gasteiger partial charge on any atom is -0.255 e. The third kappa shape index (κ3) is 1.56. The molecule has 1 aromatic heterocycles. The molecule has 0 N–H and O–H groups in total. The molecule has 2 rings (SSSR count). The Morgan fingerprint density at radius 1 is 1.00 bits per heavy atom. The Balaban J connectivity index is 2.66. The van der Waals surface area contributed by atoms with Crippen molar-refractivity contribution in [2.75, 3.05) is 0 Å². The molecule has 0 aliphatic heterocycles. The van der Waals surface area contributed by atoms with Gasteiger partial charge in [-0.15, -0.1) is 0 Å². The fourth-order valence-electron chi connectivity index (χ4n) is 1.13. The average Bonchev–Trinajstić information content (AvgIpc) is 2.49. The lowest BCUT2D eigenvalue weighted by Gasteiger charge is -1.98. The van der Waals surface area contributed by atoms with E-state index in [1.165, 1.54) is 4.57 Å². The van der Waals surface area contributed by atoms with Gasteiger partial charge in [-0.1, -0.05) is 17.7 Å². The molecule has 0 aliphatic carbocycles. The molecular formula is C9H7NO2S2. The number of hydrogen-bond donors (Lipinski definition) is 0. The van der Waals surface area contributed by atoms with Crippen LogP contribution in [0, 0.1) is 6.92 Å². The summed E-state index contributed by atoms with van der Waals surface area (Å²) in [4.78, 5) is 22.2. The van der Waals surface area contributed by atoms with Crippen molar-refractivity contribution in [3.8, 4) is 5.69 Å². The van der Waals surface area contributed by atoms with Gasteiger partial charge in [0.25, 0.3) is 0 Å². The van der Waals surface area contributed by atoms with Crippen molar-refractivity contribution in [2.24, 2.45) is 0 Å². The Morgan fingerprint density at radius 2 is 1.50 bits per heavy atom. The van der Waals surface area contributed by atoms with Crippen LogP contribution in [0.3, 0.4) is 0 Å². The van der Waals surface area contributed by atoms with E-state index in [-0.39, 0.29) is 9.75 Å². The molecule has 0 amide bonds. The molecule has 1 heterocycles. The van der Waals surface area contributed by atoms with Crippen LogP contribution in [0.4, 0.5) is 0 Å². The molecule has 0 aliphatic rings. The van der Waals surface area contributed by atoms with E-state index >= 15 is 0 Å². The Hall–Kier alpha value is -1.20. The quantitative estimate of drug-likeness (QED) is 0.692. The SMILES string of the molecule is Cc1ccc(-n2c(=O)ssc2=O)cc1. The topological polar surface area (TPSA) is 39.1 Å². The third-order valence-electron chi connectivity index (χ3n) is 1.84. The summed E-state index contributed by atoms with van der Waals surface area (Å²) in [6, 6.07) is 7.31. The number of aryl methyl sites for hydroxylation is 1. The van der Waals surface area contributed by atoms with Gasteiger partial charge >= 0.3 is 9.75 Å². The van der Waals surface area contributed by atoms with Gasteiger partial charge in [0.2, 0.25) is 0 Å². The van der Waals surface area contributed by atoms with Gasteiger partial charge < -0.3 is 0 Å². The second-order valence-electron chi connectivity index (χ2n) is 2.87. The molecule has 0 bridgehead atoms. The predicted molar refractivity (Wildman–Crippen MR) is 58.8 cm³/mol. The highest BCUT2D eigenvalue weighted by Gasteiger charge is 2.05. The van der Waals surface area contributed by atoms with Crippen LogP contribution in [0.15, 0.2) is 33.9 Å². The molecule has 0 fully saturated rings. The summed E-state index contributed by atoms with van der Waals surface area (Å²) in [5.74, 6) is 0. The molecule has 0 saturated carbocycles. The first-order chi connectivity index (χ1) is 6.68. The third-order valence-corrected chi connectivity index (χ3v) is 3.68. The molecule has 14 heavy (non-hydrogen) atoms. The fraction of sp³-hybridized carbons (Fsp3) is 0.111. The zero-order valence-corrected chi connectivity index (χ0v) is 9.02. The minimum absolute atomic E-state index is 0.219. The Labute approximate surface area is 87.3 Å². The molecule has 0 radical (unpaired) electrons. The monoisotopic (exact) mass is 225 g/mol. The molecule has 3 nitrogen and oxygen atoms in total. The van der Waals surface area contributed by atoms with E-state index in [1.807, 2.05) is 19.1 Å². The van der Waals surface area contributed by atoms with Gasteiger partial charge in [0, 0.05) is 0 Å². The number of hydrogen-bond acceptors (Lipinski definition) is 4. The molecule has 1 aromatic carbocycles. The fourth-order valence-corrected chi connectivity index (χ4v) is 2.73. The molecule has 72 valence electrons. The minimum atomic E-state index is -0.219. The highest BCUT2D eigenvalue weighted by molar-refractivity contribution is 7.67. The lowest BCUT2D eigenvalue weighted by Crippen LogP contribution is -2.21. The summed E-state index contributed by atoms with van der Waals surface area (Å²) in [7, 11) is 1.93. The summed E-state index contributed by atoms with van der Waals surface area (Å²) in [5.41, 5.74) is 1.75. The van der Waals surface area contributed by atoms with E-state index in [1.54, 1.807) is 12.1 Å². The molecular weight excluding hydrogens is 218 g/mol. The predicted octanol–water partition coefficient (Wildman–Crippen LogP) is 1.63. The van der Waals surface area contributed by atoms with Gasteiger partial charge in [-0.2, -0.15) is 0 Å². The van der Waals surface area contributed by atoms with Crippen LogP contribution in [0.2, 0.25) is 0 Å². The van der Waals surface area contributed by atoms with Crippen LogP contribution < -0.4 is 9.75 Å². The first kappa shape index (κ1) is 9.36. The Kier molecular flexibility index (Phi) is 2.35. The van der Waals surface area contributed by atoms with Crippen LogP contribution >= 0.6 is 20.7 Å². The summed E-state index contributed by atoms with van der Waals surface area (Å²) >= 11 is 0. The normalized spacial score (nSPS) is 10.4. The van der Waals surface area contributed by atoms with E-state index < -0.39 is 0 Å². The molecule has 0 atom stereocenters. The standard InChI is InChI=1S/C9H7NO2S2/c1-6-2-4-7(5-3-6)10-8(11)13-14-9(10)12/h2-5H,1H3. The summed E-state index contributed by atoms with van der Waals surface area (Å²) in [6.07, 6.45) is 0. The maximum absolute atomic E-state index is 11.3. The van der Waals surface area contributed by atoms with Crippen molar-refractivity contribution < 1.29 is 0 Å². The van der Waals surface area contributed by atoms with Gasteiger partial charge in [0.15, 0.2) is 0 Å². The second-order valence-corrected chi connectivity index (χ2v) is 4.90. The van der Waals surface area contributed by atoms with Gasteiger partial charge in [0.05, 0.1) is 5.69 Å². The summed E-state index contributed by atoms with van der Waals surface area (Å²) in [5, 5.41) is 0. The smallest absolute Gasteiger partial charge is 0.255 e. The van der Waals surface area contributed by atoms with Crippen molar-refractivity contribution >= 4 is 20.7 Å². The van der Waals surface area contributed by atoms with Gasteiger partial charge in [0.1, 0.15) is 0 Å². The van der Waals surface area contributed by atoms with Crippen LogP contribution in [0.5, 0.6) is 0 Å². The van der Waals surface area contributed by atoms with Gasteiger partial charge in [-0.05, 0) is 39.7 Å². The van der Waals surface area contributed by atoms with E-state index in [2.05, 4.69) is 0 Å². The van der Waals surface area contributed by atoms with Crippen LogP contribution in [-0.2, 0) is 0 Å². The van der Waals surface area contributed by atoms with Crippen molar-refractivity contribution in [1.29, 1.82) is 0 Å². The molecule has 0 spiro atoms. The number of nitrogens with zero attached hydrogens (tertiary/aromatic N) is 1. The molecule has 2 aromatic rings. The Morgan fingerprint density at radius 3 is 2.00 bits per heavy atom. The second kappa shape index (κ2) is 3.51. The number of aromatic nitrogens is 1. The zero-order chi connectivity index (χ0) is 10.1. The Bertz CT molecular complexity index is 520. The molecule has 5 heteroatoms. The maximum atomic E-state index is 11.3. The lowest BCUT2D eigenvalue weighted by atomic mass is 10.2. The van der Waals surface area contributed by atoms with E-state index in [9.17, 15) is 9.59 Å². The highest BCUT2D eigenvalue weighted by Crippen LogP contribution is 2.06. The molecule has 0 unspecified atom stereocenters. The van der Waals surface area contributed by atoms with Crippen molar-refractivity contribution in [3.05, 3.63) is 49.2 Å². The van der Waals surface area contributed by atoms with Crippen molar-refractivity contribution in [2.45, 2.75) is 6.92 Å². The van der Waals surface area contributed by atoms with Gasteiger partial charge in [-0.25, -0.2) is 4.57 Å². The van der Waals surface area contributed by atoms with Crippen LogP contribution in [-0.4, -0.2) is 4.57 Å². The average molecular weight is 225 g/mol. The molecule has 0 saturated heterocycles. The number of rotatable bonds is 1. The summed E-state index contributed by atoms with van der Waals surface area (Å²) < 4.78 is 1.19. The first-order valence-corrected chi connectivity index (χ1v) is 6.13. The van der Waals surface area contributed by atoms with Crippen molar-refractivity contribution in [3.63, 3.8) is 0 Å². The largest absolute Gasteiger partial charge is 0.325 e.